The van der Waals surface area contributed by atoms with Gasteiger partial charge < -0.3 is 5.73 Å². The third-order valence-electron chi connectivity index (χ3n) is 2.81. The van der Waals surface area contributed by atoms with Gasteiger partial charge in [-0.2, -0.15) is 5.10 Å². The van der Waals surface area contributed by atoms with Gasteiger partial charge in [0.2, 0.25) is 0 Å². The van der Waals surface area contributed by atoms with Crippen LogP contribution in [0.2, 0.25) is 0 Å². The Morgan fingerprint density at radius 3 is 2.56 bits per heavy atom. The summed E-state index contributed by atoms with van der Waals surface area (Å²) in [5.74, 6) is 0. The lowest BCUT2D eigenvalue weighted by Gasteiger charge is -2.07. The van der Waals surface area contributed by atoms with E-state index in [2.05, 4.69) is 24.2 Å². The maximum atomic E-state index is 5.87. The van der Waals surface area contributed by atoms with Crippen LogP contribution in [0.3, 0.4) is 0 Å². The van der Waals surface area contributed by atoms with Crippen LogP contribution in [-0.4, -0.2) is 9.78 Å². The monoisotopic (exact) mass is 215 g/mol. The van der Waals surface area contributed by atoms with Gasteiger partial charge in [0.25, 0.3) is 0 Å². The minimum Gasteiger partial charge on any atom is -0.324 e. The molecule has 0 aliphatic rings. The van der Waals surface area contributed by atoms with E-state index in [0.29, 0.717) is 0 Å². The lowest BCUT2D eigenvalue weighted by molar-refractivity contribution is 0.660. The molecule has 0 radical (unpaired) electrons. The van der Waals surface area contributed by atoms with Crippen LogP contribution in [-0.2, 0) is 6.54 Å². The molecule has 1 atom stereocenters. The molecule has 0 aliphatic heterocycles. The van der Waals surface area contributed by atoms with Crippen molar-refractivity contribution in [1.29, 1.82) is 0 Å². The second kappa shape index (κ2) is 4.49. The summed E-state index contributed by atoms with van der Waals surface area (Å²) in [6.07, 6.45) is 1.86. The Morgan fingerprint density at radius 2 is 2.00 bits per heavy atom. The first kappa shape index (κ1) is 10.9. The number of hydrogen-bond donors (Lipinski definition) is 1. The van der Waals surface area contributed by atoms with Gasteiger partial charge in [-0.15, -0.1) is 0 Å². The summed E-state index contributed by atoms with van der Waals surface area (Å²) in [5, 5.41) is 4.37. The van der Waals surface area contributed by atoms with Gasteiger partial charge in [0.15, 0.2) is 0 Å². The molecule has 0 fully saturated rings. The van der Waals surface area contributed by atoms with E-state index in [1.54, 1.807) is 0 Å². The zero-order valence-electron chi connectivity index (χ0n) is 9.72. The third kappa shape index (κ3) is 2.14. The van der Waals surface area contributed by atoms with Crippen molar-refractivity contribution in [2.24, 2.45) is 5.73 Å². The highest BCUT2D eigenvalue weighted by Crippen LogP contribution is 2.15. The number of aromatic nitrogens is 2. The van der Waals surface area contributed by atoms with Crippen LogP contribution in [0.4, 0.5) is 0 Å². The van der Waals surface area contributed by atoms with Crippen LogP contribution >= 0.6 is 0 Å². The van der Waals surface area contributed by atoms with Crippen LogP contribution in [0.1, 0.15) is 29.8 Å². The van der Waals surface area contributed by atoms with E-state index in [9.17, 15) is 0 Å². The Hall–Kier alpha value is -1.61. The van der Waals surface area contributed by atoms with Crippen molar-refractivity contribution in [2.75, 3.05) is 0 Å². The van der Waals surface area contributed by atoms with E-state index in [0.717, 1.165) is 17.8 Å². The summed E-state index contributed by atoms with van der Waals surface area (Å²) in [7, 11) is 0. The lowest BCUT2D eigenvalue weighted by Crippen LogP contribution is -2.08. The Balaban J connectivity index is 2.23. The Kier molecular flexibility index (Phi) is 3.06. The molecule has 0 bridgehead atoms. The normalized spacial score (nSPS) is 12.7. The van der Waals surface area contributed by atoms with Crippen molar-refractivity contribution in [2.45, 2.75) is 26.4 Å². The van der Waals surface area contributed by atoms with E-state index >= 15 is 0 Å². The van der Waals surface area contributed by atoms with Gasteiger partial charge in [-0.3, -0.25) is 4.68 Å². The van der Waals surface area contributed by atoms with Crippen LogP contribution < -0.4 is 5.73 Å². The summed E-state index contributed by atoms with van der Waals surface area (Å²) in [6, 6.07) is 10.4. The number of rotatable bonds is 3. The average molecular weight is 215 g/mol. The Labute approximate surface area is 95.9 Å². The highest BCUT2D eigenvalue weighted by atomic mass is 15.3. The summed E-state index contributed by atoms with van der Waals surface area (Å²) in [5.41, 5.74) is 9.40. The standard InChI is InChI=1S/C13H17N3/c1-10(14)13-8-15-16(11(13)2)9-12-6-4-3-5-7-12/h3-8,10H,9,14H2,1-2H3/t10-/m0/s1. The molecule has 1 aromatic heterocycles. The molecule has 16 heavy (non-hydrogen) atoms. The highest BCUT2D eigenvalue weighted by Gasteiger charge is 2.09. The maximum absolute atomic E-state index is 5.87. The van der Waals surface area contributed by atoms with Gasteiger partial charge in [-0.1, -0.05) is 30.3 Å². The maximum Gasteiger partial charge on any atom is 0.0662 e. The molecule has 0 saturated heterocycles. The summed E-state index contributed by atoms with van der Waals surface area (Å²) < 4.78 is 1.99. The number of nitrogens with two attached hydrogens (primary N) is 1. The topological polar surface area (TPSA) is 43.8 Å². The zero-order chi connectivity index (χ0) is 11.5. The first-order valence-corrected chi connectivity index (χ1v) is 5.50. The molecule has 2 N–H and O–H groups in total. The minimum absolute atomic E-state index is 0.0459. The van der Waals surface area contributed by atoms with Crippen LogP contribution in [0, 0.1) is 6.92 Å². The SMILES string of the molecule is Cc1c([C@H](C)N)cnn1Cc1ccccc1. The molecule has 2 aromatic rings. The van der Waals surface area contributed by atoms with Crippen molar-refractivity contribution in [3.8, 4) is 0 Å². The lowest BCUT2D eigenvalue weighted by atomic mass is 10.1. The van der Waals surface area contributed by atoms with Crippen LogP contribution in [0.5, 0.6) is 0 Å². The molecule has 3 nitrogen and oxygen atoms in total. The predicted octanol–water partition coefficient (Wildman–Crippen LogP) is 2.26. The van der Waals surface area contributed by atoms with Gasteiger partial charge in [-0.05, 0) is 19.4 Å². The molecule has 2 rings (SSSR count). The van der Waals surface area contributed by atoms with Crippen molar-refractivity contribution in [3.63, 3.8) is 0 Å². The smallest absolute Gasteiger partial charge is 0.0662 e. The van der Waals surface area contributed by atoms with Crippen LogP contribution in [0.15, 0.2) is 36.5 Å². The van der Waals surface area contributed by atoms with E-state index in [4.69, 9.17) is 5.73 Å². The van der Waals surface area contributed by atoms with Crippen LogP contribution in [0.25, 0.3) is 0 Å². The van der Waals surface area contributed by atoms with Crippen molar-refractivity contribution in [1.82, 2.24) is 9.78 Å². The largest absolute Gasteiger partial charge is 0.324 e. The van der Waals surface area contributed by atoms with E-state index in [1.807, 2.05) is 36.0 Å². The van der Waals surface area contributed by atoms with E-state index < -0.39 is 0 Å². The fourth-order valence-corrected chi connectivity index (χ4v) is 1.82. The fraction of sp³-hybridized carbons (Fsp3) is 0.308. The van der Waals surface area contributed by atoms with Gasteiger partial charge in [-0.25, -0.2) is 0 Å². The Bertz CT molecular complexity index is 457. The number of benzene rings is 1. The quantitative estimate of drug-likeness (QED) is 0.853. The second-order valence-corrected chi connectivity index (χ2v) is 4.12. The Morgan fingerprint density at radius 1 is 1.31 bits per heavy atom. The van der Waals surface area contributed by atoms with Gasteiger partial charge in [0.1, 0.15) is 0 Å². The zero-order valence-corrected chi connectivity index (χ0v) is 9.72. The molecule has 1 heterocycles. The molecule has 3 heteroatoms. The van der Waals surface area contributed by atoms with Crippen molar-refractivity contribution < 1.29 is 0 Å². The van der Waals surface area contributed by atoms with Crippen molar-refractivity contribution in [3.05, 3.63) is 53.3 Å². The van der Waals surface area contributed by atoms with Gasteiger partial charge in [0, 0.05) is 17.3 Å². The number of nitrogens with zero attached hydrogens (tertiary/aromatic N) is 2. The molecule has 0 spiro atoms. The molecule has 0 unspecified atom stereocenters. The van der Waals surface area contributed by atoms with E-state index in [1.165, 1.54) is 5.56 Å². The molecular formula is C13H17N3. The first-order valence-electron chi connectivity index (χ1n) is 5.50. The fourth-order valence-electron chi connectivity index (χ4n) is 1.82. The molecule has 84 valence electrons. The summed E-state index contributed by atoms with van der Waals surface area (Å²) in [6.45, 7) is 4.85. The summed E-state index contributed by atoms with van der Waals surface area (Å²) >= 11 is 0. The minimum atomic E-state index is 0.0459. The molecule has 1 aromatic carbocycles. The molecular weight excluding hydrogens is 198 g/mol. The molecule has 0 amide bonds. The third-order valence-corrected chi connectivity index (χ3v) is 2.81. The first-order chi connectivity index (χ1) is 7.68. The number of hydrogen-bond acceptors (Lipinski definition) is 2. The molecule has 0 aliphatic carbocycles. The van der Waals surface area contributed by atoms with E-state index in [-0.39, 0.29) is 6.04 Å². The van der Waals surface area contributed by atoms with Gasteiger partial charge in [0.05, 0.1) is 12.7 Å². The highest BCUT2D eigenvalue weighted by molar-refractivity contribution is 5.22. The average Bonchev–Trinajstić information content (AvgIpc) is 2.62. The summed E-state index contributed by atoms with van der Waals surface area (Å²) in [4.78, 5) is 0. The van der Waals surface area contributed by atoms with Crippen molar-refractivity contribution >= 4 is 0 Å². The predicted molar refractivity (Wildman–Crippen MR) is 65.1 cm³/mol. The van der Waals surface area contributed by atoms with Gasteiger partial charge >= 0.3 is 0 Å². The molecule has 0 saturated carbocycles. The second-order valence-electron chi connectivity index (χ2n) is 4.12.